The van der Waals surface area contributed by atoms with E-state index in [-0.39, 0.29) is 6.04 Å². The van der Waals surface area contributed by atoms with Gasteiger partial charge >= 0.3 is 0 Å². The lowest BCUT2D eigenvalue weighted by atomic mass is 10.0. The Bertz CT molecular complexity index is 541. The van der Waals surface area contributed by atoms with E-state index in [1.807, 2.05) is 29.9 Å². The molecule has 1 atom stereocenters. The van der Waals surface area contributed by atoms with Gasteiger partial charge in [-0.25, -0.2) is 10.4 Å². The quantitative estimate of drug-likeness (QED) is 0.652. The summed E-state index contributed by atoms with van der Waals surface area (Å²) in [6, 6.07) is 5.33. The molecule has 0 amide bonds. The fraction of sp³-hybridized carbons (Fsp3) is 0.250. The number of nitrogens with zero attached hydrogens (tertiary/aromatic N) is 2. The number of nitrogens with two attached hydrogens (primary N) is 1. The summed E-state index contributed by atoms with van der Waals surface area (Å²) in [5.41, 5.74) is 4.52. The van der Waals surface area contributed by atoms with Crippen molar-refractivity contribution in [2.75, 3.05) is 7.11 Å². The lowest BCUT2D eigenvalue weighted by Crippen LogP contribution is -2.29. The van der Waals surface area contributed by atoms with Gasteiger partial charge < -0.3 is 9.30 Å². The molecule has 18 heavy (non-hydrogen) atoms. The van der Waals surface area contributed by atoms with Crippen molar-refractivity contribution in [2.45, 2.75) is 6.04 Å². The van der Waals surface area contributed by atoms with E-state index in [9.17, 15) is 0 Å². The molecular formula is C12H15ClN4O. The first-order chi connectivity index (χ1) is 8.65. The van der Waals surface area contributed by atoms with E-state index in [1.165, 1.54) is 0 Å². The molecular weight excluding hydrogens is 252 g/mol. The predicted molar refractivity (Wildman–Crippen MR) is 70.4 cm³/mol. The van der Waals surface area contributed by atoms with Crippen LogP contribution in [0.1, 0.15) is 17.3 Å². The maximum Gasteiger partial charge on any atom is 0.137 e. The smallest absolute Gasteiger partial charge is 0.137 e. The lowest BCUT2D eigenvalue weighted by Gasteiger charge is -2.15. The fourth-order valence-corrected chi connectivity index (χ4v) is 1.99. The van der Waals surface area contributed by atoms with E-state index in [0.29, 0.717) is 10.8 Å². The van der Waals surface area contributed by atoms with Crippen molar-refractivity contribution in [3.63, 3.8) is 0 Å². The minimum atomic E-state index is -0.197. The number of aryl methyl sites for hydroxylation is 1. The molecule has 2 aromatic rings. The molecule has 0 aliphatic heterocycles. The summed E-state index contributed by atoms with van der Waals surface area (Å²) in [6.45, 7) is 0. The number of halogens is 1. The summed E-state index contributed by atoms with van der Waals surface area (Å²) >= 11 is 6.00. The van der Waals surface area contributed by atoms with Gasteiger partial charge in [-0.15, -0.1) is 0 Å². The minimum absolute atomic E-state index is 0.197. The molecule has 96 valence electrons. The van der Waals surface area contributed by atoms with Gasteiger partial charge in [0.05, 0.1) is 30.2 Å². The molecule has 0 spiro atoms. The first-order valence-electron chi connectivity index (χ1n) is 5.43. The Morgan fingerprint density at radius 3 is 2.83 bits per heavy atom. The van der Waals surface area contributed by atoms with Gasteiger partial charge in [0.15, 0.2) is 0 Å². The van der Waals surface area contributed by atoms with Gasteiger partial charge in [0, 0.05) is 13.2 Å². The number of rotatable bonds is 4. The van der Waals surface area contributed by atoms with Crippen LogP contribution in [0.2, 0.25) is 5.02 Å². The summed E-state index contributed by atoms with van der Waals surface area (Å²) in [6.07, 6.45) is 3.64. The van der Waals surface area contributed by atoms with Gasteiger partial charge in [-0.2, -0.15) is 0 Å². The number of aromatic nitrogens is 2. The molecule has 0 radical (unpaired) electrons. The van der Waals surface area contributed by atoms with E-state index in [4.69, 9.17) is 22.2 Å². The normalized spacial score (nSPS) is 12.4. The highest BCUT2D eigenvalue weighted by atomic mass is 35.5. The second-order valence-electron chi connectivity index (χ2n) is 3.96. The highest BCUT2D eigenvalue weighted by Crippen LogP contribution is 2.29. The number of hydrazine groups is 1. The van der Waals surface area contributed by atoms with E-state index in [0.717, 1.165) is 11.3 Å². The van der Waals surface area contributed by atoms with Crippen molar-refractivity contribution in [3.05, 3.63) is 47.0 Å². The zero-order chi connectivity index (χ0) is 13.1. The van der Waals surface area contributed by atoms with Crippen LogP contribution in [0.25, 0.3) is 0 Å². The number of methoxy groups -OCH3 is 1. The summed E-state index contributed by atoms with van der Waals surface area (Å²) in [5, 5.41) is 0.568. The van der Waals surface area contributed by atoms with E-state index in [2.05, 4.69) is 10.4 Å². The van der Waals surface area contributed by atoms with Gasteiger partial charge in [-0.1, -0.05) is 17.7 Å². The molecule has 0 fully saturated rings. The van der Waals surface area contributed by atoms with Crippen molar-refractivity contribution in [1.29, 1.82) is 0 Å². The molecule has 5 nitrogen and oxygen atoms in total. The highest BCUT2D eigenvalue weighted by molar-refractivity contribution is 6.32. The largest absolute Gasteiger partial charge is 0.495 e. The number of ether oxygens (including phenoxy) is 1. The van der Waals surface area contributed by atoms with Gasteiger partial charge in [0.2, 0.25) is 0 Å². The molecule has 0 saturated heterocycles. The van der Waals surface area contributed by atoms with Crippen LogP contribution in [-0.4, -0.2) is 16.7 Å². The molecule has 1 aromatic heterocycles. The summed E-state index contributed by atoms with van der Waals surface area (Å²) in [4.78, 5) is 4.29. The lowest BCUT2D eigenvalue weighted by molar-refractivity contribution is 0.414. The van der Waals surface area contributed by atoms with Crippen LogP contribution in [0.15, 0.2) is 30.7 Å². The Morgan fingerprint density at radius 2 is 2.28 bits per heavy atom. The van der Waals surface area contributed by atoms with Crippen molar-refractivity contribution >= 4 is 11.6 Å². The summed E-state index contributed by atoms with van der Waals surface area (Å²) in [7, 11) is 3.49. The first kappa shape index (κ1) is 12.9. The van der Waals surface area contributed by atoms with E-state index >= 15 is 0 Å². The van der Waals surface area contributed by atoms with Crippen LogP contribution in [0, 0.1) is 0 Å². The van der Waals surface area contributed by atoms with Gasteiger partial charge in [-0.3, -0.25) is 5.84 Å². The average molecular weight is 267 g/mol. The monoisotopic (exact) mass is 266 g/mol. The fourth-order valence-electron chi connectivity index (χ4n) is 1.79. The van der Waals surface area contributed by atoms with Crippen LogP contribution >= 0.6 is 11.6 Å². The number of benzene rings is 1. The van der Waals surface area contributed by atoms with Crippen LogP contribution in [0.4, 0.5) is 0 Å². The second kappa shape index (κ2) is 5.39. The van der Waals surface area contributed by atoms with Gasteiger partial charge in [0.1, 0.15) is 5.75 Å². The SMILES string of the molecule is COc1cc(C(NN)c2cn(C)cn2)ccc1Cl. The van der Waals surface area contributed by atoms with Crippen LogP contribution in [0.3, 0.4) is 0 Å². The molecule has 0 bridgehead atoms. The zero-order valence-electron chi connectivity index (χ0n) is 10.2. The topological polar surface area (TPSA) is 65.1 Å². The Morgan fingerprint density at radius 1 is 1.50 bits per heavy atom. The highest BCUT2D eigenvalue weighted by Gasteiger charge is 2.16. The van der Waals surface area contributed by atoms with Crippen LogP contribution in [-0.2, 0) is 7.05 Å². The Kier molecular flexibility index (Phi) is 3.86. The maximum absolute atomic E-state index is 6.00. The van der Waals surface area contributed by atoms with Crippen molar-refractivity contribution < 1.29 is 4.74 Å². The summed E-state index contributed by atoms with van der Waals surface area (Å²) in [5.74, 6) is 6.22. The molecule has 1 unspecified atom stereocenters. The first-order valence-corrected chi connectivity index (χ1v) is 5.81. The van der Waals surface area contributed by atoms with Crippen molar-refractivity contribution in [1.82, 2.24) is 15.0 Å². The molecule has 1 heterocycles. The predicted octanol–water partition coefficient (Wildman–Crippen LogP) is 1.63. The third-order valence-corrected chi connectivity index (χ3v) is 3.01. The van der Waals surface area contributed by atoms with E-state index in [1.54, 1.807) is 19.5 Å². The average Bonchev–Trinajstić information content (AvgIpc) is 2.79. The third-order valence-electron chi connectivity index (χ3n) is 2.70. The number of hydrogen-bond acceptors (Lipinski definition) is 4. The minimum Gasteiger partial charge on any atom is -0.495 e. The van der Waals surface area contributed by atoms with Crippen LogP contribution < -0.4 is 16.0 Å². The van der Waals surface area contributed by atoms with Gasteiger partial charge in [0.25, 0.3) is 0 Å². The molecule has 3 N–H and O–H groups in total. The number of nitrogens with one attached hydrogen (secondary N) is 1. The molecule has 1 aromatic carbocycles. The molecule has 0 aliphatic carbocycles. The Hall–Kier alpha value is -1.56. The van der Waals surface area contributed by atoms with E-state index < -0.39 is 0 Å². The van der Waals surface area contributed by atoms with Crippen molar-refractivity contribution in [2.24, 2.45) is 12.9 Å². The van der Waals surface area contributed by atoms with Crippen molar-refractivity contribution in [3.8, 4) is 5.75 Å². The number of hydrogen-bond donors (Lipinski definition) is 2. The standard InChI is InChI=1S/C12H15ClN4O/c1-17-6-10(15-7-17)12(16-14)8-3-4-9(13)11(5-8)18-2/h3-7,12,16H,14H2,1-2H3. The Balaban J connectivity index is 2.38. The third kappa shape index (κ3) is 2.48. The molecule has 0 aliphatic rings. The molecule has 0 saturated carbocycles. The zero-order valence-corrected chi connectivity index (χ0v) is 11.0. The molecule has 2 rings (SSSR count). The number of imidazole rings is 1. The van der Waals surface area contributed by atoms with Gasteiger partial charge in [-0.05, 0) is 17.7 Å². The Labute approximate surface area is 110 Å². The maximum atomic E-state index is 6.00. The molecule has 6 heteroatoms. The second-order valence-corrected chi connectivity index (χ2v) is 4.36. The summed E-state index contributed by atoms with van der Waals surface area (Å²) < 4.78 is 7.06. The van der Waals surface area contributed by atoms with Crippen LogP contribution in [0.5, 0.6) is 5.75 Å².